The minimum absolute atomic E-state index is 0.0248. The summed E-state index contributed by atoms with van der Waals surface area (Å²) in [6, 6.07) is 13.6. The molecule has 1 saturated heterocycles. The van der Waals surface area contributed by atoms with Crippen LogP contribution in [0.3, 0.4) is 0 Å². The Morgan fingerprint density at radius 3 is 2.28 bits per heavy atom. The lowest BCUT2D eigenvalue weighted by atomic mass is 9.99. The summed E-state index contributed by atoms with van der Waals surface area (Å²) in [5, 5.41) is 9.31. The second kappa shape index (κ2) is 9.83. The van der Waals surface area contributed by atoms with E-state index in [1.165, 1.54) is 5.56 Å². The molecule has 4 atom stereocenters. The minimum Gasteiger partial charge on any atom is -0.411 e. The third-order valence-corrected chi connectivity index (χ3v) is 10.3. The molecular formula is C20H34O4Si. The summed E-state index contributed by atoms with van der Waals surface area (Å²) in [6.45, 7) is 10.2. The Hall–Kier alpha value is -0.723. The van der Waals surface area contributed by atoms with Crippen molar-refractivity contribution in [2.24, 2.45) is 5.92 Å². The van der Waals surface area contributed by atoms with Crippen LogP contribution in [0.5, 0.6) is 0 Å². The van der Waals surface area contributed by atoms with Gasteiger partial charge >= 0.3 is 0 Å². The molecule has 0 radical (unpaired) electrons. The van der Waals surface area contributed by atoms with Gasteiger partial charge in [0.15, 0.2) is 8.32 Å². The van der Waals surface area contributed by atoms with Crippen LogP contribution in [0.15, 0.2) is 30.3 Å². The molecule has 0 amide bonds. The number of benzene rings is 1. The molecule has 1 heterocycles. The van der Waals surface area contributed by atoms with Crippen molar-refractivity contribution in [2.45, 2.75) is 70.7 Å². The van der Waals surface area contributed by atoms with Gasteiger partial charge in [-0.05, 0) is 23.7 Å². The van der Waals surface area contributed by atoms with Gasteiger partial charge < -0.3 is 19.0 Å². The largest absolute Gasteiger partial charge is 0.411 e. The first kappa shape index (κ1) is 20.6. The first-order chi connectivity index (χ1) is 12.1. The van der Waals surface area contributed by atoms with Crippen LogP contribution in [-0.4, -0.2) is 44.9 Å². The SMILES string of the molecule is CC[Si](CC)(CC)O[C@H](COCc1ccccc1)[C@H](C)[C@@H]1O[C@H]1CO. The van der Waals surface area contributed by atoms with E-state index in [1.54, 1.807) is 0 Å². The van der Waals surface area contributed by atoms with Crippen LogP contribution >= 0.6 is 0 Å². The number of aliphatic hydroxyl groups is 1. The highest BCUT2D eigenvalue weighted by Gasteiger charge is 2.47. The summed E-state index contributed by atoms with van der Waals surface area (Å²) in [5.41, 5.74) is 1.18. The van der Waals surface area contributed by atoms with Crippen LogP contribution in [-0.2, 0) is 20.5 Å². The molecule has 0 spiro atoms. The van der Waals surface area contributed by atoms with E-state index in [1.807, 2.05) is 18.2 Å². The molecule has 2 rings (SSSR count). The molecule has 0 unspecified atom stereocenters. The Labute approximate surface area is 153 Å². The summed E-state index contributed by atoms with van der Waals surface area (Å²) < 4.78 is 18.4. The van der Waals surface area contributed by atoms with E-state index in [0.717, 1.165) is 18.1 Å². The molecule has 1 fully saturated rings. The Morgan fingerprint density at radius 1 is 1.12 bits per heavy atom. The predicted molar refractivity (Wildman–Crippen MR) is 103 cm³/mol. The maximum absolute atomic E-state index is 9.31. The highest BCUT2D eigenvalue weighted by molar-refractivity contribution is 6.73. The molecular weight excluding hydrogens is 332 g/mol. The highest BCUT2D eigenvalue weighted by Crippen LogP contribution is 2.35. The van der Waals surface area contributed by atoms with Crippen molar-refractivity contribution in [3.05, 3.63) is 35.9 Å². The molecule has 0 aromatic heterocycles. The number of rotatable bonds is 12. The maximum atomic E-state index is 9.31. The van der Waals surface area contributed by atoms with Crippen LogP contribution in [0.25, 0.3) is 0 Å². The van der Waals surface area contributed by atoms with Crippen LogP contribution < -0.4 is 0 Å². The highest BCUT2D eigenvalue weighted by atomic mass is 28.4. The average Bonchev–Trinajstić information content (AvgIpc) is 3.45. The van der Waals surface area contributed by atoms with Crippen molar-refractivity contribution in [3.8, 4) is 0 Å². The summed E-state index contributed by atoms with van der Waals surface area (Å²) in [6.07, 6.45) is 0.0838. The molecule has 0 saturated carbocycles. The molecule has 0 bridgehead atoms. The number of epoxide rings is 1. The topological polar surface area (TPSA) is 51.2 Å². The molecule has 5 heteroatoms. The Kier molecular flexibility index (Phi) is 8.10. The van der Waals surface area contributed by atoms with E-state index in [-0.39, 0.29) is 30.8 Å². The lowest BCUT2D eigenvalue weighted by molar-refractivity contribution is 0.00407. The zero-order chi connectivity index (χ0) is 18.3. The van der Waals surface area contributed by atoms with Gasteiger partial charge in [0.2, 0.25) is 0 Å². The fourth-order valence-corrected chi connectivity index (χ4v) is 6.38. The van der Waals surface area contributed by atoms with E-state index in [0.29, 0.717) is 13.2 Å². The van der Waals surface area contributed by atoms with Crippen LogP contribution in [0.2, 0.25) is 18.1 Å². The molecule has 1 aromatic carbocycles. The van der Waals surface area contributed by atoms with Crippen molar-refractivity contribution in [1.82, 2.24) is 0 Å². The van der Waals surface area contributed by atoms with Gasteiger partial charge in [-0.25, -0.2) is 0 Å². The molecule has 142 valence electrons. The molecule has 4 nitrogen and oxygen atoms in total. The van der Waals surface area contributed by atoms with Gasteiger partial charge in [0.05, 0.1) is 32.0 Å². The molecule has 1 aromatic rings. The van der Waals surface area contributed by atoms with E-state index in [2.05, 4.69) is 39.8 Å². The molecule has 25 heavy (non-hydrogen) atoms. The maximum Gasteiger partial charge on any atom is 0.192 e. The Bertz CT molecular complexity index is 483. The number of hydrogen-bond donors (Lipinski definition) is 1. The van der Waals surface area contributed by atoms with Gasteiger partial charge in [-0.1, -0.05) is 58.0 Å². The second-order valence-corrected chi connectivity index (χ2v) is 11.8. The molecule has 1 N–H and O–H groups in total. The van der Waals surface area contributed by atoms with Crippen LogP contribution in [0.1, 0.15) is 33.3 Å². The van der Waals surface area contributed by atoms with Gasteiger partial charge in [-0.3, -0.25) is 0 Å². The van der Waals surface area contributed by atoms with E-state index >= 15 is 0 Å². The van der Waals surface area contributed by atoms with E-state index in [4.69, 9.17) is 13.9 Å². The van der Waals surface area contributed by atoms with Gasteiger partial charge in [0.25, 0.3) is 0 Å². The van der Waals surface area contributed by atoms with Crippen molar-refractivity contribution in [2.75, 3.05) is 13.2 Å². The summed E-state index contributed by atoms with van der Waals surface area (Å²) >= 11 is 0. The third-order valence-electron chi connectivity index (χ3n) is 5.63. The predicted octanol–water partition coefficient (Wildman–Crippen LogP) is 3.99. The number of ether oxygens (including phenoxy) is 2. The lowest BCUT2D eigenvalue weighted by Crippen LogP contribution is -2.45. The van der Waals surface area contributed by atoms with Gasteiger partial charge in [-0.15, -0.1) is 0 Å². The average molecular weight is 367 g/mol. The van der Waals surface area contributed by atoms with E-state index < -0.39 is 8.32 Å². The van der Waals surface area contributed by atoms with E-state index in [9.17, 15) is 5.11 Å². The summed E-state index contributed by atoms with van der Waals surface area (Å²) in [7, 11) is -1.72. The summed E-state index contributed by atoms with van der Waals surface area (Å²) in [5.74, 6) is 0.226. The normalized spacial score (nSPS) is 22.6. The minimum atomic E-state index is -1.72. The van der Waals surface area contributed by atoms with Crippen molar-refractivity contribution in [1.29, 1.82) is 0 Å². The summed E-state index contributed by atoms with van der Waals surface area (Å²) in [4.78, 5) is 0. The zero-order valence-electron chi connectivity index (χ0n) is 16.1. The smallest absolute Gasteiger partial charge is 0.192 e. The first-order valence-corrected chi connectivity index (χ1v) is 12.2. The first-order valence-electron chi connectivity index (χ1n) is 9.64. The molecule has 0 aliphatic carbocycles. The van der Waals surface area contributed by atoms with Crippen molar-refractivity contribution < 1.29 is 19.0 Å². The second-order valence-electron chi connectivity index (χ2n) is 7.08. The fraction of sp³-hybridized carbons (Fsp3) is 0.700. The number of hydrogen-bond acceptors (Lipinski definition) is 4. The van der Waals surface area contributed by atoms with Crippen LogP contribution in [0.4, 0.5) is 0 Å². The molecule has 1 aliphatic heterocycles. The number of aliphatic hydroxyl groups excluding tert-OH is 1. The van der Waals surface area contributed by atoms with Crippen LogP contribution in [0, 0.1) is 5.92 Å². The Balaban J connectivity index is 1.98. The van der Waals surface area contributed by atoms with Crippen molar-refractivity contribution >= 4 is 8.32 Å². The Morgan fingerprint density at radius 2 is 1.76 bits per heavy atom. The molecule has 1 aliphatic rings. The lowest BCUT2D eigenvalue weighted by Gasteiger charge is -2.35. The quantitative estimate of drug-likeness (QED) is 0.449. The van der Waals surface area contributed by atoms with Gasteiger partial charge in [-0.2, -0.15) is 0 Å². The zero-order valence-corrected chi connectivity index (χ0v) is 17.1. The third kappa shape index (κ3) is 5.63. The van der Waals surface area contributed by atoms with Gasteiger partial charge in [0.1, 0.15) is 6.10 Å². The standard InChI is InChI=1S/C20H34O4Si/c1-5-25(6-2,7-3)24-19(16(4)20-18(13-21)23-20)15-22-14-17-11-9-8-10-12-17/h8-12,16,18-21H,5-7,13-15H2,1-4H3/t16-,18-,19+,20-/m0/s1. The van der Waals surface area contributed by atoms with Crippen molar-refractivity contribution in [3.63, 3.8) is 0 Å². The monoisotopic (exact) mass is 366 g/mol. The fourth-order valence-electron chi connectivity index (χ4n) is 3.46. The van der Waals surface area contributed by atoms with Gasteiger partial charge in [0, 0.05) is 5.92 Å².